The minimum atomic E-state index is 0. The van der Waals surface area contributed by atoms with E-state index in [1.807, 2.05) is 0 Å². The van der Waals surface area contributed by atoms with Gasteiger partial charge >= 0.3 is 21.7 Å². The van der Waals surface area contributed by atoms with Gasteiger partial charge in [0.25, 0.3) is 0 Å². The molecule has 0 N–H and O–H groups in total. The Hall–Kier alpha value is 2.74. The molecule has 0 atom stereocenters. The van der Waals surface area contributed by atoms with Gasteiger partial charge in [0.15, 0.2) is 0 Å². The van der Waals surface area contributed by atoms with Crippen molar-refractivity contribution < 1.29 is 71.3 Å². The minimum absolute atomic E-state index is 0. The van der Waals surface area contributed by atoms with Crippen molar-refractivity contribution in [3.63, 3.8) is 0 Å². The normalized spacial score (nSPS) is 0. The molecule has 0 fully saturated rings. The molecule has 0 aliphatic rings. The molecule has 0 aromatic heterocycles. The Labute approximate surface area is 107 Å². The number of hydrogen-bond donors (Lipinski definition) is 0. The van der Waals surface area contributed by atoms with E-state index in [0.717, 1.165) is 0 Å². The number of rotatable bonds is 0. The zero-order chi connectivity index (χ0) is 0. The maximum absolute atomic E-state index is 0. The maximum Gasteiger partial charge on any atom is 4.00 e. The second kappa shape index (κ2) is 98.9. The Balaban J connectivity index is 0. The predicted molar refractivity (Wildman–Crippen MR) is 21.7 cm³/mol. The van der Waals surface area contributed by atoms with Crippen LogP contribution in [0.15, 0.2) is 0 Å². The van der Waals surface area contributed by atoms with E-state index < -0.39 is 0 Å². The molecule has 8 heavy (non-hydrogen) atoms. The fraction of sp³-hybridized carbons (Fsp3) is 0. The van der Waals surface area contributed by atoms with Crippen LogP contribution in [0.5, 0.6) is 0 Å². The van der Waals surface area contributed by atoms with Crippen LogP contribution in [0.25, 0.3) is 0 Å². The third kappa shape index (κ3) is 69.6. The summed E-state index contributed by atoms with van der Waals surface area (Å²) in [4.78, 5) is 0. The van der Waals surface area contributed by atoms with Crippen LogP contribution in [0.3, 0.4) is 0 Å². The predicted octanol–water partition coefficient (Wildman–Crippen LogP) is -10.7. The van der Waals surface area contributed by atoms with Crippen LogP contribution in [0.4, 0.5) is 0 Å². The molecular weight excluding hydrogens is 296 g/mol. The molecular formula is H3Cl7Ti. The van der Waals surface area contributed by atoms with E-state index in [1.54, 1.807) is 0 Å². The van der Waals surface area contributed by atoms with Gasteiger partial charge < -0.3 is 49.6 Å². The van der Waals surface area contributed by atoms with Crippen molar-refractivity contribution in [3.8, 4) is 0 Å². The first-order chi connectivity index (χ1) is 0. The first-order valence-corrected chi connectivity index (χ1v) is 0. The Morgan fingerprint density at radius 1 is 0.375 bits per heavy atom. The topological polar surface area (TPSA) is 0 Å². The van der Waals surface area contributed by atoms with Crippen LogP contribution in [-0.2, 0) is 21.7 Å². The fourth-order valence-corrected chi connectivity index (χ4v) is 0. The van der Waals surface area contributed by atoms with Crippen molar-refractivity contribution in [1.29, 1.82) is 0 Å². The Morgan fingerprint density at radius 2 is 0.375 bits per heavy atom. The molecule has 0 spiro atoms. The molecule has 0 aromatic carbocycles. The molecule has 0 rings (SSSR count). The van der Waals surface area contributed by atoms with Crippen LogP contribution >= 0.6 is 37.2 Å². The van der Waals surface area contributed by atoms with Crippen molar-refractivity contribution in [2.45, 2.75) is 0 Å². The van der Waals surface area contributed by atoms with Crippen molar-refractivity contribution in [1.82, 2.24) is 0 Å². The van der Waals surface area contributed by atoms with Crippen LogP contribution in [0.1, 0.15) is 0 Å². The molecule has 0 unspecified atom stereocenters. The van der Waals surface area contributed by atoms with Gasteiger partial charge in [0.2, 0.25) is 0 Å². The van der Waals surface area contributed by atoms with Gasteiger partial charge in [0, 0.05) is 0 Å². The summed E-state index contributed by atoms with van der Waals surface area (Å²) in [5.41, 5.74) is 0. The van der Waals surface area contributed by atoms with Gasteiger partial charge in [-0.2, -0.15) is 0 Å². The molecule has 0 bridgehead atoms. The van der Waals surface area contributed by atoms with E-state index in [2.05, 4.69) is 0 Å². The Kier molecular flexibility index (Phi) is 1680. The van der Waals surface area contributed by atoms with E-state index in [0.29, 0.717) is 0 Å². The Bertz CT molecular complexity index is 4.35. The summed E-state index contributed by atoms with van der Waals surface area (Å²) in [5.74, 6) is 0. The minimum Gasteiger partial charge on any atom is -1.00 e. The van der Waals surface area contributed by atoms with Crippen molar-refractivity contribution in [2.24, 2.45) is 0 Å². The second-order valence-electron chi connectivity index (χ2n) is 0. The molecule has 0 amide bonds. The summed E-state index contributed by atoms with van der Waals surface area (Å²) in [5, 5.41) is 0. The van der Waals surface area contributed by atoms with Gasteiger partial charge in [-0.1, -0.05) is 0 Å². The molecule has 0 heterocycles. The first-order valence-electron chi connectivity index (χ1n) is 0. The van der Waals surface area contributed by atoms with Gasteiger partial charge in [-0.05, 0) is 0 Å². The van der Waals surface area contributed by atoms with E-state index in [1.165, 1.54) is 0 Å². The third-order valence-corrected chi connectivity index (χ3v) is 0. The van der Waals surface area contributed by atoms with Gasteiger partial charge in [-0.15, -0.1) is 37.2 Å². The van der Waals surface area contributed by atoms with Crippen LogP contribution in [0, 0.1) is 0 Å². The van der Waals surface area contributed by atoms with Crippen molar-refractivity contribution in [2.75, 3.05) is 0 Å². The summed E-state index contributed by atoms with van der Waals surface area (Å²) in [6.07, 6.45) is 0. The quantitative estimate of drug-likeness (QED) is 0.390. The summed E-state index contributed by atoms with van der Waals surface area (Å²) in [7, 11) is 0. The summed E-state index contributed by atoms with van der Waals surface area (Å²) in [6.45, 7) is 0. The van der Waals surface area contributed by atoms with Crippen LogP contribution in [0.2, 0.25) is 0 Å². The number of halogens is 7. The molecule has 8 heteroatoms. The molecule has 56 valence electrons. The summed E-state index contributed by atoms with van der Waals surface area (Å²) in [6, 6.07) is 0. The molecule has 0 nitrogen and oxygen atoms in total. The van der Waals surface area contributed by atoms with Gasteiger partial charge in [-0.3, -0.25) is 0 Å². The zero-order valence-electron chi connectivity index (χ0n) is 3.24. The zero-order valence-corrected chi connectivity index (χ0v) is 10.3. The van der Waals surface area contributed by atoms with Gasteiger partial charge in [0.05, 0.1) is 0 Å². The largest absolute Gasteiger partial charge is 4.00 e. The van der Waals surface area contributed by atoms with E-state index in [9.17, 15) is 0 Å². The molecule has 0 saturated heterocycles. The smallest absolute Gasteiger partial charge is 1.00 e. The van der Waals surface area contributed by atoms with Crippen molar-refractivity contribution in [3.05, 3.63) is 0 Å². The van der Waals surface area contributed by atoms with Crippen molar-refractivity contribution >= 4 is 37.2 Å². The fourth-order valence-electron chi connectivity index (χ4n) is 0. The number of hydrogen-bond acceptors (Lipinski definition) is 0. The average Bonchev–Trinajstić information content (AvgIpc) is 0. The third-order valence-electron chi connectivity index (χ3n) is 0. The molecule has 0 saturated carbocycles. The summed E-state index contributed by atoms with van der Waals surface area (Å²) >= 11 is 0. The Morgan fingerprint density at radius 3 is 0.375 bits per heavy atom. The van der Waals surface area contributed by atoms with Gasteiger partial charge in [0.1, 0.15) is 0 Å². The van der Waals surface area contributed by atoms with E-state index >= 15 is 0 Å². The van der Waals surface area contributed by atoms with Crippen LogP contribution in [-0.4, -0.2) is 0 Å². The molecule has 0 aromatic rings. The first kappa shape index (κ1) is 135. The molecule has 0 radical (unpaired) electrons. The van der Waals surface area contributed by atoms with E-state index in [4.69, 9.17) is 0 Å². The van der Waals surface area contributed by atoms with Gasteiger partial charge in [-0.25, -0.2) is 0 Å². The average molecular weight is 299 g/mol. The SMILES string of the molecule is Cl.Cl.Cl.[Cl-].[Cl-].[Cl-].[Cl-].[Ti+4]. The molecule has 0 aliphatic heterocycles. The monoisotopic (exact) mass is 296 g/mol. The molecule has 0 aliphatic carbocycles. The maximum atomic E-state index is 0. The summed E-state index contributed by atoms with van der Waals surface area (Å²) < 4.78 is 0. The van der Waals surface area contributed by atoms with E-state index in [-0.39, 0.29) is 109 Å². The standard InChI is InChI=1S/7ClH.Ti/h7*1H;/q;;;;;;;+4/p-4. The van der Waals surface area contributed by atoms with Crippen LogP contribution < -0.4 is 49.6 Å². The second-order valence-corrected chi connectivity index (χ2v) is 0.